The van der Waals surface area contributed by atoms with Crippen LogP contribution in [0.15, 0.2) is 46.9 Å². The number of rotatable bonds is 4. The van der Waals surface area contributed by atoms with Crippen LogP contribution in [0.1, 0.15) is 33.2 Å². The number of carbonyl (C=O) groups is 2. The lowest BCUT2D eigenvalue weighted by Gasteiger charge is -2.10. The topological polar surface area (TPSA) is 66.4 Å². The van der Waals surface area contributed by atoms with Crippen LogP contribution in [-0.2, 0) is 6.42 Å². The van der Waals surface area contributed by atoms with Crippen LogP contribution in [0, 0.1) is 0 Å². The zero-order valence-corrected chi connectivity index (χ0v) is 13.0. The molecule has 0 bridgehead atoms. The molecule has 2 aromatic carbocycles. The van der Waals surface area contributed by atoms with Gasteiger partial charge in [0.05, 0.1) is 11.3 Å². The summed E-state index contributed by atoms with van der Waals surface area (Å²) in [6.45, 7) is 1.99. The van der Waals surface area contributed by atoms with Crippen molar-refractivity contribution in [3.05, 3.63) is 63.6 Å². The summed E-state index contributed by atoms with van der Waals surface area (Å²) in [6, 6.07) is 11.9. The largest absolute Gasteiger partial charge is 0.478 e. The molecule has 0 aromatic heterocycles. The number of aryl methyl sites for hydroxylation is 1. The molecule has 0 saturated carbocycles. The van der Waals surface area contributed by atoms with Gasteiger partial charge in [-0.2, -0.15) is 0 Å². The summed E-state index contributed by atoms with van der Waals surface area (Å²) < 4.78 is 0.532. The molecule has 5 heteroatoms. The van der Waals surface area contributed by atoms with Gasteiger partial charge >= 0.3 is 5.97 Å². The van der Waals surface area contributed by atoms with E-state index in [2.05, 4.69) is 21.2 Å². The van der Waals surface area contributed by atoms with E-state index in [4.69, 9.17) is 5.11 Å². The van der Waals surface area contributed by atoms with Gasteiger partial charge in [0.2, 0.25) is 0 Å². The first-order valence-corrected chi connectivity index (χ1v) is 7.24. The highest BCUT2D eigenvalue weighted by molar-refractivity contribution is 9.10. The van der Waals surface area contributed by atoms with Crippen LogP contribution < -0.4 is 5.32 Å². The second kappa shape index (κ2) is 6.54. The van der Waals surface area contributed by atoms with Crippen LogP contribution in [0.3, 0.4) is 0 Å². The summed E-state index contributed by atoms with van der Waals surface area (Å²) in [6.07, 6.45) is 0.767. The van der Waals surface area contributed by atoms with Crippen molar-refractivity contribution in [2.75, 3.05) is 5.32 Å². The summed E-state index contributed by atoms with van der Waals surface area (Å²) in [5.41, 5.74) is 2.28. The predicted octanol–water partition coefficient (Wildman–Crippen LogP) is 3.96. The third-order valence-corrected chi connectivity index (χ3v) is 3.76. The number of carboxylic acids is 1. The number of aromatic carboxylic acids is 1. The molecule has 2 aromatic rings. The zero-order chi connectivity index (χ0) is 15.4. The van der Waals surface area contributed by atoms with E-state index in [1.54, 1.807) is 12.1 Å². The van der Waals surface area contributed by atoms with Crippen molar-refractivity contribution in [2.24, 2.45) is 0 Å². The second-order valence-electron chi connectivity index (χ2n) is 4.46. The summed E-state index contributed by atoms with van der Waals surface area (Å²) >= 11 is 3.27. The molecule has 0 aliphatic carbocycles. The molecule has 2 rings (SSSR count). The molecule has 4 nitrogen and oxygen atoms in total. The number of benzene rings is 2. The lowest BCUT2D eigenvalue weighted by molar-refractivity contribution is 0.0696. The summed E-state index contributed by atoms with van der Waals surface area (Å²) in [7, 11) is 0. The number of hydrogen-bond donors (Lipinski definition) is 2. The smallest absolute Gasteiger partial charge is 0.335 e. The van der Waals surface area contributed by atoms with Gasteiger partial charge in [0.1, 0.15) is 0 Å². The minimum atomic E-state index is -1.01. The number of nitrogens with one attached hydrogen (secondary N) is 1. The SMILES string of the molecule is CCc1ccccc1C(=O)Nc1ccc(C(=O)O)cc1Br. The van der Waals surface area contributed by atoms with Gasteiger partial charge in [-0.1, -0.05) is 25.1 Å². The minimum absolute atomic E-state index is 0.161. The molecule has 0 aliphatic heterocycles. The molecule has 0 saturated heterocycles. The number of carboxylic acid groups (broad SMARTS) is 1. The van der Waals surface area contributed by atoms with Gasteiger partial charge in [0, 0.05) is 10.0 Å². The van der Waals surface area contributed by atoms with Gasteiger partial charge in [-0.15, -0.1) is 0 Å². The Morgan fingerprint density at radius 2 is 1.90 bits per heavy atom. The van der Waals surface area contributed by atoms with Gasteiger partial charge in [-0.05, 0) is 52.2 Å². The van der Waals surface area contributed by atoms with Crippen molar-refractivity contribution >= 4 is 33.5 Å². The number of halogens is 1. The fourth-order valence-electron chi connectivity index (χ4n) is 1.99. The van der Waals surface area contributed by atoms with Crippen molar-refractivity contribution in [1.29, 1.82) is 0 Å². The number of carbonyl (C=O) groups excluding carboxylic acids is 1. The molecular formula is C16H14BrNO3. The molecule has 0 aliphatic rings. The van der Waals surface area contributed by atoms with Crippen LogP contribution in [0.4, 0.5) is 5.69 Å². The quantitative estimate of drug-likeness (QED) is 0.879. The highest BCUT2D eigenvalue weighted by Crippen LogP contribution is 2.24. The first-order chi connectivity index (χ1) is 10.0. The molecular weight excluding hydrogens is 334 g/mol. The van der Waals surface area contributed by atoms with Crippen molar-refractivity contribution < 1.29 is 14.7 Å². The van der Waals surface area contributed by atoms with Crippen molar-refractivity contribution in [2.45, 2.75) is 13.3 Å². The molecule has 0 radical (unpaired) electrons. The first-order valence-electron chi connectivity index (χ1n) is 6.45. The second-order valence-corrected chi connectivity index (χ2v) is 5.32. The molecule has 0 heterocycles. The van der Waals surface area contributed by atoms with E-state index in [0.717, 1.165) is 12.0 Å². The maximum Gasteiger partial charge on any atom is 0.335 e. The normalized spacial score (nSPS) is 10.2. The maximum atomic E-state index is 12.3. The minimum Gasteiger partial charge on any atom is -0.478 e. The van der Waals surface area contributed by atoms with Gasteiger partial charge in [0.15, 0.2) is 0 Å². The Morgan fingerprint density at radius 3 is 2.52 bits per heavy atom. The lowest BCUT2D eigenvalue weighted by atomic mass is 10.0. The third-order valence-electron chi connectivity index (χ3n) is 3.11. The van der Waals surface area contributed by atoms with Gasteiger partial charge in [-0.25, -0.2) is 4.79 Å². The van der Waals surface area contributed by atoms with Crippen molar-refractivity contribution in [3.63, 3.8) is 0 Å². The monoisotopic (exact) mass is 347 g/mol. The number of amides is 1. The van der Waals surface area contributed by atoms with E-state index in [0.29, 0.717) is 15.7 Å². The fourth-order valence-corrected chi connectivity index (χ4v) is 2.47. The van der Waals surface area contributed by atoms with E-state index in [1.807, 2.05) is 25.1 Å². The van der Waals surface area contributed by atoms with E-state index >= 15 is 0 Å². The van der Waals surface area contributed by atoms with E-state index in [1.165, 1.54) is 12.1 Å². The molecule has 0 fully saturated rings. The zero-order valence-electron chi connectivity index (χ0n) is 11.4. The summed E-state index contributed by atoms with van der Waals surface area (Å²) in [4.78, 5) is 23.2. The third kappa shape index (κ3) is 3.49. The average molecular weight is 348 g/mol. The fraction of sp³-hybridized carbons (Fsp3) is 0.125. The van der Waals surface area contributed by atoms with E-state index in [-0.39, 0.29) is 11.5 Å². The van der Waals surface area contributed by atoms with Crippen LogP contribution in [-0.4, -0.2) is 17.0 Å². The molecule has 0 atom stereocenters. The van der Waals surface area contributed by atoms with Gasteiger partial charge < -0.3 is 10.4 Å². The Kier molecular flexibility index (Phi) is 4.75. The maximum absolute atomic E-state index is 12.3. The Morgan fingerprint density at radius 1 is 1.19 bits per heavy atom. The molecule has 1 amide bonds. The van der Waals surface area contributed by atoms with Gasteiger partial charge in [-0.3, -0.25) is 4.79 Å². The summed E-state index contributed by atoms with van der Waals surface area (Å²) in [5.74, 6) is -1.22. The number of anilines is 1. The molecule has 0 unspecified atom stereocenters. The average Bonchev–Trinajstić information content (AvgIpc) is 2.48. The van der Waals surface area contributed by atoms with Crippen LogP contribution in [0.2, 0.25) is 0 Å². The number of hydrogen-bond acceptors (Lipinski definition) is 2. The molecule has 21 heavy (non-hydrogen) atoms. The van der Waals surface area contributed by atoms with Crippen LogP contribution in [0.5, 0.6) is 0 Å². The summed E-state index contributed by atoms with van der Waals surface area (Å²) in [5, 5.41) is 11.7. The van der Waals surface area contributed by atoms with Crippen molar-refractivity contribution in [1.82, 2.24) is 0 Å². The molecule has 108 valence electrons. The Balaban J connectivity index is 2.26. The Labute approximate surface area is 130 Å². The Hall–Kier alpha value is -2.14. The Bertz CT molecular complexity index is 698. The highest BCUT2D eigenvalue weighted by atomic mass is 79.9. The molecule has 0 spiro atoms. The standard InChI is InChI=1S/C16H14BrNO3/c1-2-10-5-3-4-6-12(10)15(19)18-14-8-7-11(16(20)21)9-13(14)17/h3-9H,2H2,1H3,(H,18,19)(H,20,21). The van der Waals surface area contributed by atoms with Crippen LogP contribution >= 0.6 is 15.9 Å². The van der Waals surface area contributed by atoms with Crippen molar-refractivity contribution in [3.8, 4) is 0 Å². The highest BCUT2D eigenvalue weighted by Gasteiger charge is 2.13. The molecule has 2 N–H and O–H groups in total. The van der Waals surface area contributed by atoms with E-state index in [9.17, 15) is 9.59 Å². The van der Waals surface area contributed by atoms with Crippen LogP contribution in [0.25, 0.3) is 0 Å². The van der Waals surface area contributed by atoms with E-state index < -0.39 is 5.97 Å². The van der Waals surface area contributed by atoms with Gasteiger partial charge in [0.25, 0.3) is 5.91 Å². The lowest BCUT2D eigenvalue weighted by Crippen LogP contribution is -2.14. The predicted molar refractivity (Wildman–Crippen MR) is 84.9 cm³/mol. The first kappa shape index (κ1) is 15.3.